The molecule has 0 unspecified atom stereocenters. The van der Waals surface area contributed by atoms with Crippen molar-refractivity contribution in [3.63, 3.8) is 0 Å². The Morgan fingerprint density at radius 2 is 2.13 bits per heavy atom. The molecule has 0 atom stereocenters. The quantitative estimate of drug-likeness (QED) is 0.819. The molecule has 2 rings (SSSR count). The van der Waals surface area contributed by atoms with Gasteiger partial charge in [0.2, 0.25) is 5.88 Å². The molecule has 15 heavy (non-hydrogen) atoms. The van der Waals surface area contributed by atoms with Crippen molar-refractivity contribution in [1.82, 2.24) is 4.98 Å². The fourth-order valence-electron chi connectivity index (χ4n) is 2.19. The number of nitrogens with two attached hydrogens (primary N) is 1. The van der Waals surface area contributed by atoms with Crippen LogP contribution >= 0.6 is 0 Å². The first-order valence-electron chi connectivity index (χ1n) is 5.59. The number of hydrogen-bond acceptors (Lipinski definition) is 3. The predicted molar refractivity (Wildman–Crippen MR) is 59.7 cm³/mol. The van der Waals surface area contributed by atoms with Gasteiger partial charge in [-0.05, 0) is 18.9 Å². The van der Waals surface area contributed by atoms with Gasteiger partial charge in [0.1, 0.15) is 0 Å². The van der Waals surface area contributed by atoms with Crippen molar-refractivity contribution >= 4 is 0 Å². The fraction of sp³-hybridized carbons (Fsp3) is 0.583. The van der Waals surface area contributed by atoms with Crippen LogP contribution in [0.15, 0.2) is 24.4 Å². The Morgan fingerprint density at radius 3 is 2.73 bits per heavy atom. The summed E-state index contributed by atoms with van der Waals surface area (Å²) < 4.78 is 5.69. The second kappa shape index (κ2) is 4.62. The summed E-state index contributed by atoms with van der Waals surface area (Å²) in [4.78, 5) is 4.14. The minimum absolute atomic E-state index is 0.206. The van der Waals surface area contributed by atoms with E-state index in [1.165, 1.54) is 25.7 Å². The molecule has 0 radical (unpaired) electrons. The minimum Gasteiger partial charge on any atom is -0.477 e. The van der Waals surface area contributed by atoms with E-state index < -0.39 is 0 Å². The summed E-state index contributed by atoms with van der Waals surface area (Å²) in [5.41, 5.74) is 6.04. The molecule has 0 amide bonds. The lowest BCUT2D eigenvalue weighted by Crippen LogP contribution is -2.33. The third-order valence-corrected chi connectivity index (χ3v) is 3.26. The Morgan fingerprint density at radius 1 is 1.33 bits per heavy atom. The van der Waals surface area contributed by atoms with E-state index in [2.05, 4.69) is 4.98 Å². The number of pyridine rings is 1. The topological polar surface area (TPSA) is 48.1 Å². The standard InChI is InChI=1S/C12H18N2O/c13-9-12(6-2-3-7-12)10-15-11-5-1-4-8-14-11/h1,4-5,8H,2-3,6-7,9-10,13H2. The summed E-state index contributed by atoms with van der Waals surface area (Å²) in [6.45, 7) is 1.43. The van der Waals surface area contributed by atoms with Gasteiger partial charge in [0, 0.05) is 24.2 Å². The molecule has 1 aliphatic carbocycles. The van der Waals surface area contributed by atoms with Gasteiger partial charge in [-0.15, -0.1) is 0 Å². The molecule has 1 aliphatic rings. The molecule has 0 spiro atoms. The maximum absolute atomic E-state index is 5.83. The van der Waals surface area contributed by atoms with E-state index in [4.69, 9.17) is 10.5 Å². The van der Waals surface area contributed by atoms with E-state index in [1.54, 1.807) is 6.20 Å². The van der Waals surface area contributed by atoms with Crippen molar-refractivity contribution in [2.24, 2.45) is 11.1 Å². The minimum atomic E-state index is 0.206. The monoisotopic (exact) mass is 206 g/mol. The van der Waals surface area contributed by atoms with Crippen LogP contribution in [0.2, 0.25) is 0 Å². The number of hydrogen-bond donors (Lipinski definition) is 1. The first-order valence-corrected chi connectivity index (χ1v) is 5.59. The highest BCUT2D eigenvalue weighted by Crippen LogP contribution is 2.37. The van der Waals surface area contributed by atoms with Crippen molar-refractivity contribution in [1.29, 1.82) is 0 Å². The first-order chi connectivity index (χ1) is 7.35. The van der Waals surface area contributed by atoms with Crippen molar-refractivity contribution in [2.45, 2.75) is 25.7 Å². The van der Waals surface area contributed by atoms with Gasteiger partial charge in [0.05, 0.1) is 6.61 Å². The molecular weight excluding hydrogens is 188 g/mol. The molecule has 1 aromatic rings. The summed E-state index contributed by atoms with van der Waals surface area (Å²) >= 11 is 0. The SMILES string of the molecule is NCC1(COc2ccccn2)CCCC1. The van der Waals surface area contributed by atoms with Gasteiger partial charge in [0.15, 0.2) is 0 Å². The zero-order valence-electron chi connectivity index (χ0n) is 8.98. The smallest absolute Gasteiger partial charge is 0.213 e. The van der Waals surface area contributed by atoms with E-state index in [0.29, 0.717) is 12.5 Å². The van der Waals surface area contributed by atoms with Crippen LogP contribution in [0.5, 0.6) is 5.88 Å². The third kappa shape index (κ3) is 2.48. The molecule has 3 nitrogen and oxygen atoms in total. The molecule has 0 saturated heterocycles. The fourth-order valence-corrected chi connectivity index (χ4v) is 2.19. The van der Waals surface area contributed by atoms with Crippen molar-refractivity contribution in [3.8, 4) is 5.88 Å². The van der Waals surface area contributed by atoms with E-state index >= 15 is 0 Å². The highest BCUT2D eigenvalue weighted by Gasteiger charge is 2.33. The molecule has 2 N–H and O–H groups in total. The van der Waals surface area contributed by atoms with Crippen molar-refractivity contribution in [2.75, 3.05) is 13.2 Å². The van der Waals surface area contributed by atoms with Crippen LogP contribution in [0.4, 0.5) is 0 Å². The molecule has 0 bridgehead atoms. The largest absolute Gasteiger partial charge is 0.477 e. The molecule has 1 aromatic heterocycles. The Hall–Kier alpha value is -1.09. The van der Waals surface area contributed by atoms with Gasteiger partial charge >= 0.3 is 0 Å². The summed E-state index contributed by atoms with van der Waals surface area (Å²) in [6, 6.07) is 5.71. The molecular formula is C12H18N2O. The van der Waals surface area contributed by atoms with Gasteiger partial charge in [-0.3, -0.25) is 0 Å². The van der Waals surface area contributed by atoms with Crippen LogP contribution in [0, 0.1) is 5.41 Å². The predicted octanol–water partition coefficient (Wildman–Crippen LogP) is 1.98. The lowest BCUT2D eigenvalue weighted by atomic mass is 9.87. The number of nitrogens with zero attached hydrogens (tertiary/aromatic N) is 1. The van der Waals surface area contributed by atoms with Gasteiger partial charge in [0.25, 0.3) is 0 Å². The van der Waals surface area contributed by atoms with Gasteiger partial charge in [-0.2, -0.15) is 0 Å². The van der Waals surface area contributed by atoms with Crippen LogP contribution in [0.25, 0.3) is 0 Å². The third-order valence-electron chi connectivity index (χ3n) is 3.26. The van der Waals surface area contributed by atoms with E-state index in [0.717, 1.165) is 6.54 Å². The highest BCUT2D eigenvalue weighted by molar-refractivity contribution is 5.09. The van der Waals surface area contributed by atoms with Crippen LogP contribution < -0.4 is 10.5 Å². The van der Waals surface area contributed by atoms with Crippen LogP contribution in [0.3, 0.4) is 0 Å². The molecule has 1 saturated carbocycles. The average Bonchev–Trinajstić information content (AvgIpc) is 2.77. The van der Waals surface area contributed by atoms with Gasteiger partial charge in [-0.1, -0.05) is 18.9 Å². The molecule has 0 aliphatic heterocycles. The van der Waals surface area contributed by atoms with Crippen LogP contribution in [-0.4, -0.2) is 18.1 Å². The summed E-state index contributed by atoms with van der Waals surface area (Å²) in [5, 5.41) is 0. The molecule has 3 heteroatoms. The molecule has 0 aromatic carbocycles. The zero-order valence-corrected chi connectivity index (χ0v) is 8.98. The Bertz CT molecular complexity index is 294. The zero-order chi connectivity index (χ0) is 10.6. The average molecular weight is 206 g/mol. The van der Waals surface area contributed by atoms with Gasteiger partial charge < -0.3 is 10.5 Å². The van der Waals surface area contributed by atoms with Gasteiger partial charge in [-0.25, -0.2) is 4.98 Å². The molecule has 1 heterocycles. The second-order valence-corrected chi connectivity index (χ2v) is 4.37. The van der Waals surface area contributed by atoms with Crippen LogP contribution in [-0.2, 0) is 0 Å². The summed E-state index contributed by atoms with van der Waals surface area (Å²) in [6.07, 6.45) is 6.69. The van der Waals surface area contributed by atoms with E-state index in [1.807, 2.05) is 18.2 Å². The summed E-state index contributed by atoms with van der Waals surface area (Å²) in [7, 11) is 0. The number of rotatable bonds is 4. The Balaban J connectivity index is 1.92. The lowest BCUT2D eigenvalue weighted by molar-refractivity contribution is 0.152. The molecule has 1 fully saturated rings. The maximum atomic E-state index is 5.83. The van der Waals surface area contributed by atoms with Crippen LogP contribution in [0.1, 0.15) is 25.7 Å². The Labute approximate surface area is 90.7 Å². The molecule has 82 valence electrons. The maximum Gasteiger partial charge on any atom is 0.213 e. The Kier molecular flexibility index (Phi) is 3.21. The summed E-state index contributed by atoms with van der Waals surface area (Å²) in [5.74, 6) is 0.706. The number of ether oxygens (including phenoxy) is 1. The second-order valence-electron chi connectivity index (χ2n) is 4.37. The lowest BCUT2D eigenvalue weighted by Gasteiger charge is -2.26. The van der Waals surface area contributed by atoms with Crippen molar-refractivity contribution < 1.29 is 4.74 Å². The van der Waals surface area contributed by atoms with Crippen molar-refractivity contribution in [3.05, 3.63) is 24.4 Å². The van der Waals surface area contributed by atoms with E-state index in [9.17, 15) is 0 Å². The number of aromatic nitrogens is 1. The normalized spacial score (nSPS) is 19.0. The highest BCUT2D eigenvalue weighted by atomic mass is 16.5. The first kappa shape index (κ1) is 10.4. The van der Waals surface area contributed by atoms with E-state index in [-0.39, 0.29) is 5.41 Å².